The van der Waals surface area contributed by atoms with Crippen molar-refractivity contribution in [3.8, 4) is 0 Å². The van der Waals surface area contributed by atoms with Gasteiger partial charge < -0.3 is 10.4 Å². The normalized spacial score (nSPS) is 19.3. The monoisotopic (exact) mass is 316 g/mol. The van der Waals surface area contributed by atoms with Gasteiger partial charge in [-0.3, -0.25) is 9.69 Å². The van der Waals surface area contributed by atoms with Crippen LogP contribution in [0.1, 0.15) is 18.4 Å². The van der Waals surface area contributed by atoms with Gasteiger partial charge in [0.05, 0.1) is 28.9 Å². The first-order valence-corrected chi connectivity index (χ1v) is 7.38. The summed E-state index contributed by atoms with van der Waals surface area (Å²) in [7, 11) is 0. The van der Waals surface area contributed by atoms with Crippen LogP contribution in [0, 0.1) is 6.92 Å². The molecule has 1 aromatic carbocycles. The molecule has 0 spiro atoms. The number of aliphatic hydroxyl groups is 1. The molecule has 0 bridgehead atoms. The molecular weight excluding hydrogens is 299 g/mol. The number of aryl methyl sites for hydroxylation is 1. The largest absolute Gasteiger partial charge is 0.395 e. The van der Waals surface area contributed by atoms with Crippen LogP contribution in [0.15, 0.2) is 12.1 Å². The Kier molecular flexibility index (Phi) is 5.27. The molecule has 0 saturated carbocycles. The number of rotatable bonds is 4. The van der Waals surface area contributed by atoms with E-state index in [9.17, 15) is 9.90 Å². The summed E-state index contributed by atoms with van der Waals surface area (Å²) in [6, 6.07) is 3.59. The molecule has 0 aromatic heterocycles. The predicted octanol–water partition coefficient (Wildman–Crippen LogP) is 2.70. The van der Waals surface area contributed by atoms with Gasteiger partial charge in [0, 0.05) is 6.04 Å². The molecule has 4 nitrogen and oxygen atoms in total. The van der Waals surface area contributed by atoms with E-state index >= 15 is 0 Å². The molecule has 1 fully saturated rings. The van der Waals surface area contributed by atoms with Crippen molar-refractivity contribution in [3.05, 3.63) is 27.7 Å². The molecule has 1 aliphatic heterocycles. The van der Waals surface area contributed by atoms with Gasteiger partial charge in [-0.2, -0.15) is 0 Å². The number of aliphatic hydroxyl groups excluding tert-OH is 1. The molecule has 1 unspecified atom stereocenters. The van der Waals surface area contributed by atoms with Gasteiger partial charge in [0.15, 0.2) is 0 Å². The molecule has 110 valence electrons. The Labute approximate surface area is 128 Å². The Morgan fingerprint density at radius 3 is 2.95 bits per heavy atom. The highest BCUT2D eigenvalue weighted by Crippen LogP contribution is 2.32. The molecule has 1 heterocycles. The summed E-state index contributed by atoms with van der Waals surface area (Å²) in [5.74, 6) is -0.167. The minimum absolute atomic E-state index is 0.0733. The van der Waals surface area contributed by atoms with Crippen molar-refractivity contribution in [1.82, 2.24) is 4.90 Å². The molecule has 6 heteroatoms. The van der Waals surface area contributed by atoms with Crippen LogP contribution in [0.25, 0.3) is 0 Å². The second kappa shape index (κ2) is 6.76. The molecule has 0 radical (unpaired) electrons. The van der Waals surface area contributed by atoms with Gasteiger partial charge in [0.2, 0.25) is 5.91 Å². The zero-order valence-electron chi connectivity index (χ0n) is 11.3. The number of nitrogens with zero attached hydrogens (tertiary/aromatic N) is 1. The highest BCUT2D eigenvalue weighted by atomic mass is 35.5. The third-order valence-electron chi connectivity index (χ3n) is 3.61. The first kappa shape index (κ1) is 15.6. The van der Waals surface area contributed by atoms with E-state index in [1.807, 2.05) is 17.9 Å². The fourth-order valence-electron chi connectivity index (χ4n) is 2.44. The van der Waals surface area contributed by atoms with Crippen molar-refractivity contribution in [2.45, 2.75) is 25.8 Å². The summed E-state index contributed by atoms with van der Waals surface area (Å²) >= 11 is 12.2. The Morgan fingerprint density at radius 2 is 2.25 bits per heavy atom. The number of hydrogen-bond acceptors (Lipinski definition) is 3. The number of amides is 1. The molecule has 1 aliphatic rings. The maximum Gasteiger partial charge on any atom is 0.238 e. The second-order valence-corrected chi connectivity index (χ2v) is 5.84. The van der Waals surface area contributed by atoms with Gasteiger partial charge in [-0.1, -0.05) is 29.3 Å². The summed E-state index contributed by atoms with van der Waals surface area (Å²) in [6.45, 7) is 3.01. The number of carbonyl (C=O) groups is 1. The van der Waals surface area contributed by atoms with E-state index in [1.165, 1.54) is 0 Å². The van der Waals surface area contributed by atoms with Gasteiger partial charge >= 0.3 is 0 Å². The van der Waals surface area contributed by atoms with Crippen LogP contribution in [-0.4, -0.2) is 41.7 Å². The maximum absolute atomic E-state index is 12.1. The van der Waals surface area contributed by atoms with Crippen LogP contribution in [-0.2, 0) is 4.79 Å². The number of carbonyl (C=O) groups excluding carboxylic acids is 1. The van der Waals surface area contributed by atoms with Crippen LogP contribution in [0.4, 0.5) is 5.69 Å². The quantitative estimate of drug-likeness (QED) is 0.898. The summed E-state index contributed by atoms with van der Waals surface area (Å²) < 4.78 is 0. The molecule has 1 aromatic rings. The van der Waals surface area contributed by atoms with Crippen LogP contribution in [0.2, 0.25) is 10.0 Å². The third kappa shape index (κ3) is 3.44. The highest BCUT2D eigenvalue weighted by Gasteiger charge is 2.25. The van der Waals surface area contributed by atoms with Crippen LogP contribution in [0.5, 0.6) is 0 Å². The van der Waals surface area contributed by atoms with Crippen molar-refractivity contribution >= 4 is 34.8 Å². The molecule has 2 N–H and O–H groups in total. The average molecular weight is 317 g/mol. The van der Waals surface area contributed by atoms with Crippen molar-refractivity contribution in [3.63, 3.8) is 0 Å². The number of nitrogens with one attached hydrogen (secondary N) is 1. The number of benzene rings is 1. The molecule has 1 atom stereocenters. The maximum atomic E-state index is 12.1. The molecule has 1 saturated heterocycles. The number of likely N-dealkylation sites (tertiary alicyclic amines) is 1. The lowest BCUT2D eigenvalue weighted by Gasteiger charge is -2.22. The van der Waals surface area contributed by atoms with Crippen molar-refractivity contribution < 1.29 is 9.90 Å². The molecule has 2 rings (SSSR count). The van der Waals surface area contributed by atoms with Gasteiger partial charge in [0.1, 0.15) is 0 Å². The minimum atomic E-state index is -0.167. The van der Waals surface area contributed by atoms with Crippen molar-refractivity contribution in [2.75, 3.05) is 25.0 Å². The van der Waals surface area contributed by atoms with Gasteiger partial charge in [-0.15, -0.1) is 0 Å². The van der Waals surface area contributed by atoms with Gasteiger partial charge in [0.25, 0.3) is 0 Å². The van der Waals surface area contributed by atoms with E-state index in [0.717, 1.165) is 24.9 Å². The van der Waals surface area contributed by atoms with Crippen LogP contribution in [0.3, 0.4) is 0 Å². The first-order valence-electron chi connectivity index (χ1n) is 6.62. The van der Waals surface area contributed by atoms with Gasteiger partial charge in [-0.25, -0.2) is 0 Å². The Bertz CT molecular complexity index is 508. The molecule has 0 aliphatic carbocycles. The van der Waals surface area contributed by atoms with E-state index in [4.69, 9.17) is 23.2 Å². The molecular formula is C14H18Cl2N2O2. The Hall–Kier alpha value is -0.810. The minimum Gasteiger partial charge on any atom is -0.395 e. The predicted molar refractivity (Wildman–Crippen MR) is 81.5 cm³/mol. The number of halogens is 2. The first-order chi connectivity index (χ1) is 9.52. The summed E-state index contributed by atoms with van der Waals surface area (Å²) in [5, 5.41) is 12.9. The fourth-order valence-corrected chi connectivity index (χ4v) is 2.91. The summed E-state index contributed by atoms with van der Waals surface area (Å²) in [5.41, 5.74) is 1.32. The second-order valence-electron chi connectivity index (χ2n) is 5.05. The van der Waals surface area contributed by atoms with E-state index in [2.05, 4.69) is 5.32 Å². The lowest BCUT2D eigenvalue weighted by Crippen LogP contribution is -2.38. The van der Waals surface area contributed by atoms with E-state index in [1.54, 1.807) is 6.07 Å². The molecule has 20 heavy (non-hydrogen) atoms. The van der Waals surface area contributed by atoms with Crippen LogP contribution >= 0.6 is 23.2 Å². The van der Waals surface area contributed by atoms with Crippen molar-refractivity contribution in [2.24, 2.45) is 0 Å². The van der Waals surface area contributed by atoms with Gasteiger partial charge in [-0.05, 0) is 37.9 Å². The van der Waals surface area contributed by atoms with E-state index in [0.29, 0.717) is 15.7 Å². The topological polar surface area (TPSA) is 52.6 Å². The number of anilines is 1. The highest BCUT2D eigenvalue weighted by molar-refractivity contribution is 6.40. The summed E-state index contributed by atoms with van der Waals surface area (Å²) in [6.07, 6.45) is 1.93. The SMILES string of the molecule is Cc1ccc(Cl)c(NC(=O)CN2CCCC2CO)c1Cl. The fraction of sp³-hybridized carbons (Fsp3) is 0.500. The Morgan fingerprint density at radius 1 is 1.50 bits per heavy atom. The Balaban J connectivity index is 2.03. The number of hydrogen-bond donors (Lipinski definition) is 2. The lowest BCUT2D eigenvalue weighted by molar-refractivity contribution is -0.117. The molecule has 1 amide bonds. The smallest absolute Gasteiger partial charge is 0.238 e. The van der Waals surface area contributed by atoms with Crippen molar-refractivity contribution in [1.29, 1.82) is 0 Å². The lowest BCUT2D eigenvalue weighted by atomic mass is 10.2. The van der Waals surface area contributed by atoms with E-state index < -0.39 is 0 Å². The van der Waals surface area contributed by atoms with Crippen LogP contribution < -0.4 is 5.32 Å². The zero-order chi connectivity index (χ0) is 14.7. The standard InChI is InChI=1S/C14H18Cl2N2O2/c1-9-4-5-11(15)14(13(9)16)17-12(20)7-18-6-2-3-10(18)8-19/h4-5,10,19H,2-3,6-8H2,1H3,(H,17,20). The average Bonchev–Trinajstić information content (AvgIpc) is 2.86. The summed E-state index contributed by atoms with van der Waals surface area (Å²) in [4.78, 5) is 14.1. The third-order valence-corrected chi connectivity index (χ3v) is 4.41. The zero-order valence-corrected chi connectivity index (χ0v) is 12.8. The van der Waals surface area contributed by atoms with E-state index in [-0.39, 0.29) is 25.1 Å².